The van der Waals surface area contributed by atoms with Crippen LogP contribution in [0.5, 0.6) is 0 Å². The second kappa shape index (κ2) is 14.2. The van der Waals surface area contributed by atoms with Gasteiger partial charge in [-0.3, -0.25) is 0 Å². The molecule has 0 fully saturated rings. The topological polar surface area (TPSA) is 3.24 Å². The van der Waals surface area contributed by atoms with Gasteiger partial charge in [-0.1, -0.05) is 138 Å². The Morgan fingerprint density at radius 3 is 2.12 bits per heavy atom. The molecule has 0 aromatic heterocycles. The molecular weight excluding hydrogens is 695 g/mol. The zero-order valence-corrected chi connectivity index (χ0v) is 34.0. The molecule has 4 atom stereocenters. The van der Waals surface area contributed by atoms with Crippen LogP contribution in [0.1, 0.15) is 89.5 Å². The van der Waals surface area contributed by atoms with Gasteiger partial charge in [-0.05, 0) is 151 Å². The molecule has 278 valence electrons. The first-order valence-electron chi connectivity index (χ1n) is 20.7. The van der Waals surface area contributed by atoms with E-state index in [1.807, 2.05) is 11.8 Å². The van der Waals surface area contributed by atoms with E-state index in [-0.39, 0.29) is 5.41 Å². The van der Waals surface area contributed by atoms with Crippen molar-refractivity contribution < 1.29 is 0 Å². The van der Waals surface area contributed by atoms with Gasteiger partial charge in [-0.2, -0.15) is 11.8 Å². The van der Waals surface area contributed by atoms with Gasteiger partial charge in [0.1, 0.15) is 0 Å². The smallest absolute Gasteiger partial charge is 0.0640 e. The van der Waals surface area contributed by atoms with Crippen LogP contribution in [0.2, 0.25) is 0 Å². The molecule has 0 saturated carbocycles. The van der Waals surface area contributed by atoms with Crippen molar-refractivity contribution in [3.63, 3.8) is 0 Å². The monoisotopic (exact) mass is 745 g/mol. The lowest BCUT2D eigenvalue weighted by atomic mass is 9.62. The summed E-state index contributed by atoms with van der Waals surface area (Å²) in [4.78, 5) is 2.59. The van der Waals surface area contributed by atoms with Crippen LogP contribution in [0.15, 0.2) is 162 Å². The van der Waals surface area contributed by atoms with Crippen molar-refractivity contribution in [1.82, 2.24) is 0 Å². The molecule has 4 unspecified atom stereocenters. The third kappa shape index (κ3) is 5.51. The van der Waals surface area contributed by atoms with Crippen LogP contribution in [-0.2, 0) is 11.8 Å². The number of hydrogen-bond donors (Lipinski definition) is 0. The van der Waals surface area contributed by atoms with Crippen LogP contribution in [-0.4, -0.2) is 11.5 Å². The van der Waals surface area contributed by atoms with Gasteiger partial charge in [-0.25, -0.2) is 0 Å². The van der Waals surface area contributed by atoms with Gasteiger partial charge in [0, 0.05) is 22.5 Å². The number of thioether (sulfide) groups is 1. The Labute approximate surface area is 338 Å². The molecule has 2 heteroatoms. The molecule has 0 amide bonds. The largest absolute Gasteiger partial charge is 0.310 e. The highest BCUT2D eigenvalue weighted by molar-refractivity contribution is 7.99. The normalized spacial score (nSPS) is 23.4. The zero-order valence-electron chi connectivity index (χ0n) is 33.2. The lowest BCUT2D eigenvalue weighted by Gasteiger charge is -2.41. The molecular formula is C54H51NS. The number of allylic oxidation sites excluding steroid dienone is 9. The molecule has 5 aliphatic carbocycles. The Bertz CT molecular complexity index is 2450. The molecule has 1 nitrogen and oxygen atoms in total. The number of rotatable bonds is 7. The van der Waals surface area contributed by atoms with E-state index in [4.69, 9.17) is 0 Å². The standard InChI is InChI=1S/C54H51NS/c1-35-22-27-42(28-23-35)55(43-29-24-36(2)25-30-43)49-34-48-45(33-46(49)51-37(3)14-13-21-50(51)56-4)53-47(31-26-39-32-38-15-11-12-20-44(38)52(39)53)54(48,40-16-7-5-8-17-40)41-18-9-6-10-19-41/h5-9,11-13,15-18,20-25,27-30,33-34,37,50-51H,10,14,19,26,31-32H2,1-4H3. The average molecular weight is 746 g/mol. The number of hydrogen-bond acceptors (Lipinski definition) is 2. The molecule has 5 aromatic carbocycles. The van der Waals surface area contributed by atoms with Crippen LogP contribution in [0, 0.1) is 19.8 Å². The highest BCUT2D eigenvalue weighted by Crippen LogP contribution is 2.65. The Balaban J connectivity index is 1.35. The second-order valence-electron chi connectivity index (χ2n) is 16.8. The Hall–Kier alpha value is -5.05. The maximum absolute atomic E-state index is 2.72. The van der Waals surface area contributed by atoms with Crippen LogP contribution < -0.4 is 4.90 Å². The summed E-state index contributed by atoms with van der Waals surface area (Å²) >= 11 is 2.01. The predicted molar refractivity (Wildman–Crippen MR) is 240 cm³/mol. The molecule has 0 spiro atoms. The second-order valence-corrected chi connectivity index (χ2v) is 17.8. The first kappa shape index (κ1) is 35.4. The molecule has 0 aliphatic heterocycles. The Morgan fingerprint density at radius 2 is 1.43 bits per heavy atom. The quantitative estimate of drug-likeness (QED) is 0.153. The third-order valence-electron chi connectivity index (χ3n) is 13.5. The summed E-state index contributed by atoms with van der Waals surface area (Å²) < 4.78 is 0. The first-order valence-corrected chi connectivity index (χ1v) is 22.0. The van der Waals surface area contributed by atoms with E-state index in [1.54, 1.807) is 11.1 Å². The van der Waals surface area contributed by atoms with Crippen molar-refractivity contribution in [2.45, 2.75) is 75.9 Å². The summed E-state index contributed by atoms with van der Waals surface area (Å²) in [6.45, 7) is 6.88. The lowest BCUT2D eigenvalue weighted by molar-refractivity contribution is 0.457. The van der Waals surface area contributed by atoms with E-state index < -0.39 is 0 Å². The van der Waals surface area contributed by atoms with Crippen molar-refractivity contribution >= 4 is 40.0 Å². The Kier molecular flexibility index (Phi) is 8.94. The molecule has 0 heterocycles. The van der Waals surface area contributed by atoms with Crippen LogP contribution >= 0.6 is 11.8 Å². The van der Waals surface area contributed by atoms with E-state index in [0.717, 1.165) is 38.5 Å². The fourth-order valence-corrected chi connectivity index (χ4v) is 11.9. The average Bonchev–Trinajstić information content (AvgIpc) is 3.76. The molecule has 0 bridgehead atoms. The highest BCUT2D eigenvalue weighted by Gasteiger charge is 2.52. The maximum atomic E-state index is 2.72. The van der Waals surface area contributed by atoms with Gasteiger partial charge in [0.05, 0.1) is 11.1 Å². The fraction of sp³-hybridized carbons (Fsp3) is 0.259. The van der Waals surface area contributed by atoms with E-state index in [9.17, 15) is 0 Å². The number of anilines is 3. The van der Waals surface area contributed by atoms with Crippen molar-refractivity contribution in [1.29, 1.82) is 0 Å². The number of nitrogens with zero attached hydrogens (tertiary/aromatic N) is 1. The van der Waals surface area contributed by atoms with Gasteiger partial charge >= 0.3 is 0 Å². The molecule has 5 aromatic rings. The fourth-order valence-electron chi connectivity index (χ4n) is 10.9. The summed E-state index contributed by atoms with van der Waals surface area (Å²) in [5.74, 6) is 0.856. The van der Waals surface area contributed by atoms with E-state index in [0.29, 0.717) is 17.1 Å². The van der Waals surface area contributed by atoms with Crippen molar-refractivity contribution in [3.05, 3.63) is 207 Å². The maximum Gasteiger partial charge on any atom is 0.0640 e. The van der Waals surface area contributed by atoms with Gasteiger partial charge < -0.3 is 4.90 Å². The van der Waals surface area contributed by atoms with Gasteiger partial charge in [0.15, 0.2) is 0 Å². The lowest BCUT2D eigenvalue weighted by Crippen LogP contribution is -2.33. The summed E-state index contributed by atoms with van der Waals surface area (Å²) in [6.07, 6.45) is 20.9. The summed E-state index contributed by atoms with van der Waals surface area (Å²) in [7, 11) is 0. The Morgan fingerprint density at radius 1 is 0.714 bits per heavy atom. The van der Waals surface area contributed by atoms with Gasteiger partial charge in [0.25, 0.3) is 0 Å². The zero-order chi connectivity index (χ0) is 38.0. The molecule has 0 saturated heterocycles. The van der Waals surface area contributed by atoms with Crippen molar-refractivity contribution in [3.8, 4) is 0 Å². The van der Waals surface area contributed by atoms with Gasteiger partial charge in [0.2, 0.25) is 0 Å². The minimum Gasteiger partial charge on any atom is -0.310 e. The third-order valence-corrected chi connectivity index (χ3v) is 14.5. The van der Waals surface area contributed by atoms with Crippen molar-refractivity contribution in [2.75, 3.05) is 11.2 Å². The summed E-state index contributed by atoms with van der Waals surface area (Å²) in [5, 5.41) is 0.390. The van der Waals surface area contributed by atoms with Gasteiger partial charge in [-0.15, -0.1) is 0 Å². The van der Waals surface area contributed by atoms with Crippen LogP contribution in [0.25, 0.3) is 11.1 Å². The predicted octanol–water partition coefficient (Wildman–Crippen LogP) is 14.3. The molecule has 10 rings (SSSR count). The minimum absolute atomic E-state index is 0.356. The first-order chi connectivity index (χ1) is 27.5. The summed E-state index contributed by atoms with van der Waals surface area (Å²) in [6, 6.07) is 44.7. The molecule has 0 N–H and O–H groups in total. The molecule has 5 aliphatic rings. The minimum atomic E-state index is -0.358. The number of fused-ring (bicyclic) bond motifs is 5. The molecule has 0 radical (unpaired) electrons. The van der Waals surface area contributed by atoms with Crippen LogP contribution in [0.4, 0.5) is 17.1 Å². The van der Waals surface area contributed by atoms with E-state index in [1.165, 1.54) is 78.3 Å². The van der Waals surface area contributed by atoms with Crippen LogP contribution in [0.3, 0.4) is 0 Å². The van der Waals surface area contributed by atoms with E-state index in [2.05, 4.69) is 178 Å². The van der Waals surface area contributed by atoms with Crippen molar-refractivity contribution in [2.24, 2.45) is 5.92 Å². The van der Waals surface area contributed by atoms with E-state index >= 15 is 0 Å². The molecule has 56 heavy (non-hydrogen) atoms. The number of benzene rings is 5. The summed E-state index contributed by atoms with van der Waals surface area (Å²) in [5.41, 5.74) is 22.4. The SMILES string of the molecule is CSC1C=CCC(C)C1c1cc2c(cc1N(c1ccc(C)cc1)c1ccc(C)cc1)C(C1=CC=CCC1)(c1ccccc1)C1=C2C2=C(CC1)Cc1ccccc12. The number of aryl methyl sites for hydroxylation is 2. The highest BCUT2D eigenvalue weighted by atomic mass is 32.2.